The molecule has 28 heavy (non-hydrogen) atoms. The predicted octanol–water partition coefficient (Wildman–Crippen LogP) is 3.30. The van der Waals surface area contributed by atoms with Gasteiger partial charge in [0.05, 0.1) is 11.8 Å². The lowest BCUT2D eigenvalue weighted by atomic mass is 10.2. The summed E-state index contributed by atoms with van der Waals surface area (Å²) < 4.78 is 8.58. The molecule has 144 valence electrons. The van der Waals surface area contributed by atoms with Gasteiger partial charge >= 0.3 is 0 Å². The topological polar surface area (TPSA) is 81.5 Å². The van der Waals surface area contributed by atoms with Gasteiger partial charge in [-0.3, -0.25) is 14.0 Å². The molecule has 0 aliphatic heterocycles. The number of furan rings is 1. The summed E-state index contributed by atoms with van der Waals surface area (Å²) >= 11 is 5.94. The molecule has 7 nitrogen and oxygen atoms in total. The average Bonchev–Trinajstić information content (AvgIpc) is 3.25. The highest BCUT2D eigenvalue weighted by Gasteiger charge is 2.14. The Balaban J connectivity index is 1.39. The summed E-state index contributed by atoms with van der Waals surface area (Å²) in [7, 11) is 0. The Bertz CT molecular complexity index is 1220. The number of amides is 1. The maximum Gasteiger partial charge on any atom is 0.291 e. The fourth-order valence-electron chi connectivity index (χ4n) is 3.31. The number of aryl methyl sites for hydroxylation is 2. The highest BCUT2D eigenvalue weighted by molar-refractivity contribution is 6.30. The summed E-state index contributed by atoms with van der Waals surface area (Å²) in [5, 5.41) is 7.88. The van der Waals surface area contributed by atoms with Crippen LogP contribution in [0.25, 0.3) is 16.6 Å². The van der Waals surface area contributed by atoms with Crippen molar-refractivity contribution in [3.63, 3.8) is 0 Å². The summed E-state index contributed by atoms with van der Waals surface area (Å²) in [6, 6.07) is 10.9. The van der Waals surface area contributed by atoms with Gasteiger partial charge in [0.15, 0.2) is 5.58 Å². The quantitative estimate of drug-likeness (QED) is 0.540. The molecule has 3 aromatic heterocycles. The van der Waals surface area contributed by atoms with E-state index >= 15 is 0 Å². The Hall–Kier alpha value is -3.06. The van der Waals surface area contributed by atoms with Gasteiger partial charge in [-0.1, -0.05) is 23.7 Å². The molecule has 0 aliphatic carbocycles. The minimum Gasteiger partial charge on any atom is -0.463 e. The van der Waals surface area contributed by atoms with E-state index in [-0.39, 0.29) is 11.5 Å². The molecule has 1 aromatic carbocycles. The van der Waals surface area contributed by atoms with Crippen molar-refractivity contribution in [2.75, 3.05) is 0 Å². The van der Waals surface area contributed by atoms with E-state index in [0.29, 0.717) is 47.9 Å². The van der Waals surface area contributed by atoms with E-state index in [2.05, 4.69) is 10.4 Å². The Kier molecular flexibility index (Phi) is 4.92. The van der Waals surface area contributed by atoms with Gasteiger partial charge in [-0.25, -0.2) is 4.68 Å². The Morgan fingerprint density at radius 1 is 1.25 bits per heavy atom. The standard InChI is InChI=1S/C20H19ClN4O3/c1-13-23-24(20(27)17-11-18-16(25(13)17)7-9-28-18)8-3-6-19(26)22-12-14-4-2-5-15(21)10-14/h2,4-5,7,9-11H,3,6,8,12H2,1H3,(H,22,26). The second kappa shape index (κ2) is 7.52. The molecule has 3 heterocycles. The van der Waals surface area contributed by atoms with Crippen molar-refractivity contribution in [3.05, 3.63) is 69.4 Å². The first-order valence-corrected chi connectivity index (χ1v) is 9.38. The van der Waals surface area contributed by atoms with Crippen LogP contribution in [0, 0.1) is 6.92 Å². The summed E-state index contributed by atoms with van der Waals surface area (Å²) in [4.78, 5) is 24.8. The first-order valence-electron chi connectivity index (χ1n) is 9.00. The van der Waals surface area contributed by atoms with Crippen LogP contribution in [0.1, 0.15) is 24.2 Å². The van der Waals surface area contributed by atoms with Gasteiger partial charge in [-0.15, -0.1) is 0 Å². The molecule has 0 unspecified atom stereocenters. The summed E-state index contributed by atoms with van der Waals surface area (Å²) in [6.07, 6.45) is 2.41. The van der Waals surface area contributed by atoms with Gasteiger partial charge in [-0.2, -0.15) is 5.10 Å². The van der Waals surface area contributed by atoms with Crippen molar-refractivity contribution in [1.29, 1.82) is 0 Å². The SMILES string of the molecule is Cc1nn(CCCC(=O)NCc2cccc(Cl)c2)c(=O)c2cc3occc3n12. The molecule has 0 aliphatic rings. The normalized spacial score (nSPS) is 11.4. The molecule has 0 saturated carbocycles. The van der Waals surface area contributed by atoms with Gasteiger partial charge in [0.25, 0.3) is 5.56 Å². The van der Waals surface area contributed by atoms with E-state index < -0.39 is 0 Å². The van der Waals surface area contributed by atoms with Crippen LogP contribution >= 0.6 is 11.6 Å². The first-order chi connectivity index (χ1) is 13.5. The molecular weight excluding hydrogens is 380 g/mol. The van der Waals surface area contributed by atoms with Crippen molar-refractivity contribution < 1.29 is 9.21 Å². The number of rotatable bonds is 6. The monoisotopic (exact) mass is 398 g/mol. The molecule has 0 fully saturated rings. The van der Waals surface area contributed by atoms with Crippen molar-refractivity contribution >= 4 is 34.1 Å². The maximum absolute atomic E-state index is 12.7. The molecule has 4 rings (SSSR count). The lowest BCUT2D eigenvalue weighted by molar-refractivity contribution is -0.121. The van der Waals surface area contributed by atoms with E-state index in [9.17, 15) is 9.59 Å². The van der Waals surface area contributed by atoms with Gasteiger partial charge in [0.2, 0.25) is 5.91 Å². The summed E-state index contributed by atoms with van der Waals surface area (Å²) in [5.74, 6) is 0.613. The van der Waals surface area contributed by atoms with E-state index in [1.165, 1.54) is 4.68 Å². The van der Waals surface area contributed by atoms with Crippen LogP contribution in [0.15, 0.2) is 51.9 Å². The Morgan fingerprint density at radius 3 is 2.93 bits per heavy atom. The molecule has 0 saturated heterocycles. The van der Waals surface area contributed by atoms with Gasteiger partial charge in [-0.05, 0) is 31.0 Å². The van der Waals surface area contributed by atoms with Gasteiger partial charge in [0, 0.05) is 36.7 Å². The van der Waals surface area contributed by atoms with Crippen LogP contribution in [0.4, 0.5) is 0 Å². The number of hydrogen-bond donors (Lipinski definition) is 1. The largest absolute Gasteiger partial charge is 0.463 e. The fourth-order valence-corrected chi connectivity index (χ4v) is 3.52. The second-order valence-electron chi connectivity index (χ2n) is 6.62. The van der Waals surface area contributed by atoms with Crippen LogP contribution in [0.3, 0.4) is 0 Å². The highest BCUT2D eigenvalue weighted by Crippen LogP contribution is 2.20. The van der Waals surface area contributed by atoms with E-state index in [1.54, 1.807) is 22.8 Å². The van der Waals surface area contributed by atoms with E-state index in [4.69, 9.17) is 16.0 Å². The number of nitrogens with zero attached hydrogens (tertiary/aromatic N) is 3. The maximum atomic E-state index is 12.7. The zero-order valence-corrected chi connectivity index (χ0v) is 16.1. The zero-order valence-electron chi connectivity index (χ0n) is 15.3. The molecule has 1 amide bonds. The third kappa shape index (κ3) is 3.53. The van der Waals surface area contributed by atoms with Crippen molar-refractivity contribution in [3.8, 4) is 0 Å². The molecule has 0 radical (unpaired) electrons. The van der Waals surface area contributed by atoms with Crippen molar-refractivity contribution in [1.82, 2.24) is 19.5 Å². The number of carbonyl (C=O) groups is 1. The Labute approximate surface area is 165 Å². The lowest BCUT2D eigenvalue weighted by Gasteiger charge is -2.09. The van der Waals surface area contributed by atoms with Crippen LogP contribution in [0.5, 0.6) is 0 Å². The van der Waals surface area contributed by atoms with Crippen LogP contribution in [-0.4, -0.2) is 20.1 Å². The molecule has 1 N–H and O–H groups in total. The fraction of sp³-hybridized carbons (Fsp3) is 0.250. The summed E-state index contributed by atoms with van der Waals surface area (Å²) in [5.41, 5.74) is 2.74. The molecular formula is C20H19ClN4O3. The molecule has 0 spiro atoms. The molecule has 4 aromatic rings. The second-order valence-corrected chi connectivity index (χ2v) is 7.06. The van der Waals surface area contributed by atoms with E-state index in [0.717, 1.165) is 11.1 Å². The minimum atomic E-state index is -0.198. The van der Waals surface area contributed by atoms with Crippen LogP contribution in [0.2, 0.25) is 5.02 Å². The number of aromatic nitrogens is 3. The number of carbonyl (C=O) groups excluding carboxylic acids is 1. The smallest absolute Gasteiger partial charge is 0.291 e. The third-order valence-corrected chi connectivity index (χ3v) is 4.85. The van der Waals surface area contributed by atoms with E-state index in [1.807, 2.05) is 31.2 Å². The lowest BCUT2D eigenvalue weighted by Crippen LogP contribution is -2.27. The number of benzene rings is 1. The Morgan fingerprint density at radius 2 is 2.11 bits per heavy atom. The minimum absolute atomic E-state index is 0.0778. The van der Waals surface area contributed by atoms with Crippen molar-refractivity contribution in [2.24, 2.45) is 0 Å². The number of fused-ring (bicyclic) bond motifs is 3. The number of nitrogens with one attached hydrogen (secondary N) is 1. The van der Waals surface area contributed by atoms with Crippen molar-refractivity contribution in [2.45, 2.75) is 32.9 Å². The molecule has 0 atom stereocenters. The third-order valence-electron chi connectivity index (χ3n) is 4.62. The van der Waals surface area contributed by atoms with Gasteiger partial charge < -0.3 is 9.73 Å². The molecule has 8 heteroatoms. The van der Waals surface area contributed by atoms with Crippen LogP contribution in [-0.2, 0) is 17.9 Å². The number of hydrogen-bond acceptors (Lipinski definition) is 4. The number of halogens is 1. The highest BCUT2D eigenvalue weighted by atomic mass is 35.5. The van der Waals surface area contributed by atoms with Gasteiger partial charge in [0.1, 0.15) is 11.3 Å². The first kappa shape index (κ1) is 18.3. The molecule has 0 bridgehead atoms. The average molecular weight is 399 g/mol. The predicted molar refractivity (Wildman–Crippen MR) is 106 cm³/mol. The van der Waals surface area contributed by atoms with Crippen LogP contribution < -0.4 is 10.9 Å². The zero-order chi connectivity index (χ0) is 19.7. The summed E-state index contributed by atoms with van der Waals surface area (Å²) in [6.45, 7) is 2.63.